The second kappa shape index (κ2) is 6.06. The Balaban J connectivity index is 2.43. The van der Waals surface area contributed by atoms with Crippen LogP contribution in [-0.2, 0) is 0 Å². The first-order chi connectivity index (χ1) is 7.97. The molecule has 0 saturated heterocycles. The van der Waals surface area contributed by atoms with Gasteiger partial charge in [-0.05, 0) is 67.3 Å². The molecule has 6 heteroatoms. The van der Waals surface area contributed by atoms with E-state index in [4.69, 9.17) is 11.6 Å². The van der Waals surface area contributed by atoms with Gasteiger partial charge in [0.2, 0.25) is 0 Å². The summed E-state index contributed by atoms with van der Waals surface area (Å²) in [5.74, 6) is 0. The SMILES string of the molecule is Clc1cc(Br)cc(C(Br)c2cc(Br)sc2Br)c1. The number of benzene rings is 1. The predicted octanol–water partition coefficient (Wildman–Crippen LogP) is 7.17. The molecule has 17 heavy (non-hydrogen) atoms. The molecule has 0 radical (unpaired) electrons. The maximum absolute atomic E-state index is 6.06. The molecule has 0 saturated carbocycles. The molecule has 2 aromatic rings. The number of hydrogen-bond donors (Lipinski definition) is 0. The average Bonchev–Trinajstić information content (AvgIpc) is 2.55. The summed E-state index contributed by atoms with van der Waals surface area (Å²) in [6, 6.07) is 8.00. The lowest BCUT2D eigenvalue weighted by molar-refractivity contribution is 1.18. The highest BCUT2D eigenvalue weighted by Gasteiger charge is 2.17. The van der Waals surface area contributed by atoms with E-state index in [0.29, 0.717) is 0 Å². The van der Waals surface area contributed by atoms with Gasteiger partial charge in [-0.25, -0.2) is 0 Å². The minimum absolute atomic E-state index is 0.120. The van der Waals surface area contributed by atoms with Crippen molar-refractivity contribution in [1.82, 2.24) is 0 Å². The van der Waals surface area contributed by atoms with Crippen LogP contribution in [0.15, 0.2) is 36.3 Å². The molecule has 1 unspecified atom stereocenters. The molecule has 0 spiro atoms. The Morgan fingerprint density at radius 2 is 1.76 bits per heavy atom. The first-order valence-corrected chi connectivity index (χ1v) is 9.01. The lowest BCUT2D eigenvalue weighted by Gasteiger charge is -2.10. The first-order valence-electron chi connectivity index (χ1n) is 4.52. The third-order valence-electron chi connectivity index (χ3n) is 2.13. The standard InChI is InChI=1S/C11H5Br4ClS/c12-6-1-5(2-7(16)3-6)10(14)8-4-9(13)17-11(8)15/h1-4,10H. The average molecular weight is 524 g/mol. The molecule has 0 fully saturated rings. The van der Waals surface area contributed by atoms with Crippen molar-refractivity contribution in [1.29, 1.82) is 0 Å². The van der Waals surface area contributed by atoms with Crippen LogP contribution in [0.4, 0.5) is 0 Å². The van der Waals surface area contributed by atoms with Gasteiger partial charge in [-0.3, -0.25) is 0 Å². The van der Waals surface area contributed by atoms with Gasteiger partial charge in [0.1, 0.15) is 0 Å². The second-order valence-electron chi connectivity index (χ2n) is 3.34. The molecule has 0 nitrogen and oxygen atoms in total. The monoisotopic (exact) mass is 520 g/mol. The highest BCUT2D eigenvalue weighted by molar-refractivity contribution is 9.12. The molecule has 0 bridgehead atoms. The van der Waals surface area contributed by atoms with E-state index in [-0.39, 0.29) is 4.83 Å². The summed E-state index contributed by atoms with van der Waals surface area (Å²) >= 11 is 21.9. The molecule has 0 aliphatic rings. The third kappa shape index (κ3) is 3.57. The van der Waals surface area contributed by atoms with Gasteiger partial charge in [0.25, 0.3) is 0 Å². The predicted molar refractivity (Wildman–Crippen MR) is 89.6 cm³/mol. The summed E-state index contributed by atoms with van der Waals surface area (Å²) in [6.07, 6.45) is 0. The van der Waals surface area contributed by atoms with E-state index in [1.54, 1.807) is 11.3 Å². The summed E-state index contributed by atoms with van der Waals surface area (Å²) in [7, 11) is 0. The number of rotatable bonds is 2. The van der Waals surface area contributed by atoms with E-state index < -0.39 is 0 Å². The van der Waals surface area contributed by atoms with Gasteiger partial charge >= 0.3 is 0 Å². The van der Waals surface area contributed by atoms with Crippen molar-refractivity contribution in [3.63, 3.8) is 0 Å². The van der Waals surface area contributed by atoms with Crippen LogP contribution in [0.25, 0.3) is 0 Å². The van der Waals surface area contributed by atoms with Crippen LogP contribution in [0.5, 0.6) is 0 Å². The molecule has 1 aromatic heterocycles. The summed E-state index contributed by atoms with van der Waals surface area (Å²) in [6.45, 7) is 0. The minimum Gasteiger partial charge on any atom is -0.121 e. The van der Waals surface area contributed by atoms with Crippen molar-refractivity contribution in [2.24, 2.45) is 0 Å². The Morgan fingerprint density at radius 3 is 2.29 bits per heavy atom. The summed E-state index contributed by atoms with van der Waals surface area (Å²) in [4.78, 5) is 0.120. The van der Waals surface area contributed by atoms with Gasteiger partial charge in [0.15, 0.2) is 0 Å². The molecule has 0 amide bonds. The Bertz CT molecular complexity index is 532. The second-order valence-corrected chi connectivity index (χ2v) is 9.36. The van der Waals surface area contributed by atoms with Crippen LogP contribution in [0, 0.1) is 0 Å². The third-order valence-corrected chi connectivity index (χ3v) is 6.22. The summed E-state index contributed by atoms with van der Waals surface area (Å²) < 4.78 is 3.20. The highest BCUT2D eigenvalue weighted by atomic mass is 79.9. The zero-order valence-electron chi connectivity index (χ0n) is 8.18. The molecule has 0 N–H and O–H groups in total. The molecule has 2 rings (SSSR count). The zero-order valence-corrected chi connectivity index (χ0v) is 16.1. The number of alkyl halides is 1. The van der Waals surface area contributed by atoms with Gasteiger partial charge in [0, 0.05) is 9.50 Å². The van der Waals surface area contributed by atoms with Gasteiger partial charge in [-0.1, -0.05) is 43.5 Å². The topological polar surface area (TPSA) is 0 Å². The molecular formula is C11H5Br4ClS. The molecule has 1 atom stereocenters. The Morgan fingerprint density at radius 1 is 1.06 bits per heavy atom. The number of halogens is 5. The van der Waals surface area contributed by atoms with E-state index in [1.807, 2.05) is 12.1 Å². The Labute approximate surface area is 142 Å². The quantitative estimate of drug-likeness (QED) is 0.366. The first kappa shape index (κ1) is 14.5. The van der Waals surface area contributed by atoms with Crippen molar-refractivity contribution in [3.8, 4) is 0 Å². The molecule has 0 aliphatic heterocycles. The van der Waals surface area contributed by atoms with Gasteiger partial charge in [0.05, 0.1) is 12.4 Å². The van der Waals surface area contributed by atoms with E-state index >= 15 is 0 Å². The van der Waals surface area contributed by atoms with E-state index in [9.17, 15) is 0 Å². The lowest BCUT2D eigenvalue weighted by atomic mass is 10.1. The van der Waals surface area contributed by atoms with Crippen molar-refractivity contribution in [2.45, 2.75) is 4.83 Å². The van der Waals surface area contributed by atoms with Gasteiger partial charge in [-0.15, -0.1) is 11.3 Å². The molecule has 1 aromatic carbocycles. The Kier molecular flexibility index (Phi) is 5.18. The van der Waals surface area contributed by atoms with E-state index in [2.05, 4.69) is 75.9 Å². The van der Waals surface area contributed by atoms with Crippen molar-refractivity contribution in [3.05, 3.63) is 52.5 Å². The van der Waals surface area contributed by atoms with Crippen molar-refractivity contribution in [2.75, 3.05) is 0 Å². The number of hydrogen-bond acceptors (Lipinski definition) is 1. The molecule has 0 aliphatic carbocycles. The van der Waals surface area contributed by atoms with E-state index in [0.717, 1.165) is 22.6 Å². The largest absolute Gasteiger partial charge is 0.121 e. The fraction of sp³-hybridized carbons (Fsp3) is 0.0909. The fourth-order valence-corrected chi connectivity index (χ4v) is 6.30. The highest BCUT2D eigenvalue weighted by Crippen LogP contribution is 2.42. The molecular weight excluding hydrogens is 519 g/mol. The van der Waals surface area contributed by atoms with Crippen LogP contribution >= 0.6 is 86.7 Å². The van der Waals surface area contributed by atoms with Crippen LogP contribution in [-0.4, -0.2) is 0 Å². The van der Waals surface area contributed by atoms with Crippen LogP contribution in [0.1, 0.15) is 16.0 Å². The van der Waals surface area contributed by atoms with Crippen molar-refractivity contribution < 1.29 is 0 Å². The van der Waals surface area contributed by atoms with Crippen molar-refractivity contribution >= 4 is 86.7 Å². The maximum Gasteiger partial charge on any atom is 0.0757 e. The zero-order chi connectivity index (χ0) is 12.6. The van der Waals surface area contributed by atoms with Crippen LogP contribution in [0.2, 0.25) is 5.02 Å². The summed E-state index contributed by atoms with van der Waals surface area (Å²) in [5, 5.41) is 0.726. The smallest absolute Gasteiger partial charge is 0.0757 e. The molecule has 90 valence electrons. The molecule has 1 heterocycles. The van der Waals surface area contributed by atoms with Crippen LogP contribution < -0.4 is 0 Å². The van der Waals surface area contributed by atoms with Crippen LogP contribution in [0.3, 0.4) is 0 Å². The Hall–Kier alpha value is 1.13. The summed E-state index contributed by atoms with van der Waals surface area (Å²) in [5.41, 5.74) is 2.31. The maximum atomic E-state index is 6.06. The normalized spacial score (nSPS) is 12.8. The van der Waals surface area contributed by atoms with Gasteiger partial charge < -0.3 is 0 Å². The lowest BCUT2D eigenvalue weighted by Crippen LogP contribution is -1.91. The van der Waals surface area contributed by atoms with Gasteiger partial charge in [-0.2, -0.15) is 0 Å². The number of thiophene rings is 1. The minimum atomic E-state index is 0.120. The fourth-order valence-electron chi connectivity index (χ4n) is 1.43. The van der Waals surface area contributed by atoms with E-state index in [1.165, 1.54) is 5.56 Å².